The number of H-pyrrole nitrogens is 1. The van der Waals surface area contributed by atoms with Gasteiger partial charge in [0, 0.05) is 6.04 Å². The zero-order valence-electron chi connectivity index (χ0n) is 13.2. The second kappa shape index (κ2) is 6.73. The van der Waals surface area contributed by atoms with Crippen LogP contribution in [0.1, 0.15) is 44.6 Å². The minimum absolute atomic E-state index is 0.119. The molecule has 1 aliphatic carbocycles. The molecule has 0 aliphatic heterocycles. The van der Waals surface area contributed by atoms with Gasteiger partial charge in [-0.3, -0.25) is 4.79 Å². The molecule has 0 bridgehead atoms. The van der Waals surface area contributed by atoms with Crippen molar-refractivity contribution in [3.8, 4) is 0 Å². The molecule has 1 aromatic heterocycles. The summed E-state index contributed by atoms with van der Waals surface area (Å²) >= 11 is 1.49. The van der Waals surface area contributed by atoms with Crippen LogP contribution in [0.25, 0.3) is 11.0 Å². The third-order valence-electron chi connectivity index (χ3n) is 4.22. The Balaban J connectivity index is 1.61. The Morgan fingerprint density at radius 1 is 1.36 bits per heavy atom. The number of imidazole rings is 1. The summed E-state index contributed by atoms with van der Waals surface area (Å²) in [4.78, 5) is 20.2. The Labute approximate surface area is 135 Å². The standard InChI is InChI=1S/C17H23N3OS/c1-11-8-9-14-15(10-11)20-17(19-14)22-12(2)16(21)18-13-6-4-3-5-7-13/h8-10,12-13H,3-7H2,1-2H3,(H,18,21)(H,19,20). The van der Waals surface area contributed by atoms with Crippen molar-refractivity contribution in [2.24, 2.45) is 0 Å². The van der Waals surface area contributed by atoms with E-state index in [2.05, 4.69) is 34.3 Å². The summed E-state index contributed by atoms with van der Waals surface area (Å²) in [5.41, 5.74) is 3.19. The Morgan fingerprint density at radius 2 is 2.14 bits per heavy atom. The van der Waals surface area contributed by atoms with Crippen molar-refractivity contribution >= 4 is 28.7 Å². The molecule has 3 rings (SSSR count). The van der Waals surface area contributed by atoms with Crippen LogP contribution in [0, 0.1) is 6.92 Å². The molecule has 0 spiro atoms. The molecule has 2 N–H and O–H groups in total. The van der Waals surface area contributed by atoms with Crippen LogP contribution in [-0.4, -0.2) is 27.2 Å². The van der Waals surface area contributed by atoms with Crippen molar-refractivity contribution in [2.45, 2.75) is 62.4 Å². The van der Waals surface area contributed by atoms with E-state index in [-0.39, 0.29) is 11.2 Å². The number of carbonyl (C=O) groups excluding carboxylic acids is 1. The first-order valence-electron chi connectivity index (χ1n) is 8.05. The first kappa shape index (κ1) is 15.4. The zero-order chi connectivity index (χ0) is 15.5. The molecular weight excluding hydrogens is 294 g/mol. The molecular formula is C17H23N3OS. The topological polar surface area (TPSA) is 57.8 Å². The van der Waals surface area contributed by atoms with E-state index >= 15 is 0 Å². The Kier molecular flexibility index (Phi) is 4.71. The van der Waals surface area contributed by atoms with E-state index in [1.807, 2.05) is 13.0 Å². The van der Waals surface area contributed by atoms with Crippen molar-refractivity contribution < 1.29 is 4.79 Å². The van der Waals surface area contributed by atoms with Crippen LogP contribution in [0.5, 0.6) is 0 Å². The molecule has 0 radical (unpaired) electrons. The number of nitrogens with zero attached hydrogens (tertiary/aromatic N) is 1. The number of hydrogen-bond acceptors (Lipinski definition) is 3. The van der Waals surface area contributed by atoms with Gasteiger partial charge < -0.3 is 10.3 Å². The number of benzene rings is 1. The summed E-state index contributed by atoms with van der Waals surface area (Å²) < 4.78 is 0. The lowest BCUT2D eigenvalue weighted by Gasteiger charge is -2.24. The monoisotopic (exact) mass is 317 g/mol. The number of aromatic amines is 1. The molecule has 1 unspecified atom stereocenters. The van der Waals surface area contributed by atoms with Crippen LogP contribution in [0.4, 0.5) is 0 Å². The maximum Gasteiger partial charge on any atom is 0.233 e. The molecule has 1 atom stereocenters. The largest absolute Gasteiger partial charge is 0.352 e. The maximum absolute atomic E-state index is 12.3. The highest BCUT2D eigenvalue weighted by atomic mass is 32.2. The van der Waals surface area contributed by atoms with Crippen LogP contribution in [0.2, 0.25) is 0 Å². The molecule has 1 amide bonds. The van der Waals surface area contributed by atoms with Gasteiger partial charge in [0.05, 0.1) is 16.3 Å². The van der Waals surface area contributed by atoms with Crippen LogP contribution in [0.15, 0.2) is 23.4 Å². The SMILES string of the molecule is Cc1ccc2nc(SC(C)C(=O)NC3CCCCC3)[nH]c2c1. The molecule has 0 saturated heterocycles. The van der Waals surface area contributed by atoms with E-state index in [4.69, 9.17) is 0 Å². The molecule has 1 saturated carbocycles. The molecule has 1 aliphatic rings. The summed E-state index contributed by atoms with van der Waals surface area (Å²) in [6.07, 6.45) is 6.00. The first-order valence-corrected chi connectivity index (χ1v) is 8.93. The van der Waals surface area contributed by atoms with Gasteiger partial charge in [0.15, 0.2) is 5.16 Å². The number of carbonyl (C=O) groups is 1. The lowest BCUT2D eigenvalue weighted by molar-refractivity contribution is -0.121. The number of fused-ring (bicyclic) bond motifs is 1. The van der Waals surface area contributed by atoms with Gasteiger partial charge in [-0.1, -0.05) is 37.1 Å². The van der Waals surface area contributed by atoms with Gasteiger partial charge in [0.2, 0.25) is 5.91 Å². The third kappa shape index (κ3) is 3.64. The van der Waals surface area contributed by atoms with Gasteiger partial charge in [0.25, 0.3) is 0 Å². The summed E-state index contributed by atoms with van der Waals surface area (Å²) in [6.45, 7) is 4.01. The number of nitrogens with one attached hydrogen (secondary N) is 2. The fourth-order valence-electron chi connectivity index (χ4n) is 2.94. The van der Waals surface area contributed by atoms with Crippen LogP contribution in [0.3, 0.4) is 0 Å². The van der Waals surface area contributed by atoms with E-state index < -0.39 is 0 Å². The molecule has 1 heterocycles. The normalized spacial score (nSPS) is 17.5. The molecule has 5 heteroatoms. The van der Waals surface area contributed by atoms with Crippen LogP contribution in [-0.2, 0) is 4.79 Å². The lowest BCUT2D eigenvalue weighted by Crippen LogP contribution is -2.40. The number of aromatic nitrogens is 2. The average Bonchev–Trinajstić information content (AvgIpc) is 2.89. The Bertz CT molecular complexity index is 661. The fourth-order valence-corrected chi connectivity index (χ4v) is 3.77. The van der Waals surface area contributed by atoms with Crippen molar-refractivity contribution in [2.75, 3.05) is 0 Å². The predicted octanol–water partition coefficient (Wildman–Crippen LogP) is 3.80. The minimum atomic E-state index is -0.136. The molecule has 2 aromatic rings. The highest BCUT2D eigenvalue weighted by Gasteiger charge is 2.21. The predicted molar refractivity (Wildman–Crippen MR) is 91.2 cm³/mol. The van der Waals surface area contributed by atoms with Crippen molar-refractivity contribution in [3.63, 3.8) is 0 Å². The Morgan fingerprint density at radius 3 is 2.91 bits per heavy atom. The number of aryl methyl sites for hydroxylation is 1. The highest BCUT2D eigenvalue weighted by Crippen LogP contribution is 2.25. The van der Waals surface area contributed by atoms with Gasteiger partial charge >= 0.3 is 0 Å². The smallest absolute Gasteiger partial charge is 0.233 e. The van der Waals surface area contributed by atoms with Crippen molar-refractivity contribution in [3.05, 3.63) is 23.8 Å². The molecule has 4 nitrogen and oxygen atoms in total. The van der Waals surface area contributed by atoms with Gasteiger partial charge in [0.1, 0.15) is 0 Å². The fraction of sp³-hybridized carbons (Fsp3) is 0.529. The molecule has 118 valence electrons. The van der Waals surface area contributed by atoms with E-state index in [1.54, 1.807) is 0 Å². The summed E-state index contributed by atoms with van der Waals surface area (Å²) in [7, 11) is 0. The summed E-state index contributed by atoms with van der Waals surface area (Å²) in [6, 6.07) is 6.51. The van der Waals surface area contributed by atoms with Gasteiger partial charge in [-0.15, -0.1) is 0 Å². The number of amides is 1. The van der Waals surface area contributed by atoms with E-state index in [9.17, 15) is 4.79 Å². The Hall–Kier alpha value is -1.49. The number of thioether (sulfide) groups is 1. The number of rotatable bonds is 4. The lowest BCUT2D eigenvalue weighted by atomic mass is 9.95. The quantitative estimate of drug-likeness (QED) is 0.843. The van der Waals surface area contributed by atoms with Crippen molar-refractivity contribution in [1.82, 2.24) is 15.3 Å². The number of hydrogen-bond donors (Lipinski definition) is 2. The second-order valence-corrected chi connectivity index (χ2v) is 7.50. The van der Waals surface area contributed by atoms with Crippen LogP contribution >= 0.6 is 11.8 Å². The maximum atomic E-state index is 12.3. The second-order valence-electron chi connectivity index (χ2n) is 6.17. The average molecular weight is 317 g/mol. The van der Waals surface area contributed by atoms with Gasteiger partial charge in [-0.2, -0.15) is 0 Å². The van der Waals surface area contributed by atoms with E-state index in [1.165, 1.54) is 36.6 Å². The van der Waals surface area contributed by atoms with Crippen LogP contribution < -0.4 is 5.32 Å². The molecule has 22 heavy (non-hydrogen) atoms. The third-order valence-corrected chi connectivity index (χ3v) is 5.21. The highest BCUT2D eigenvalue weighted by molar-refractivity contribution is 8.00. The van der Waals surface area contributed by atoms with Crippen molar-refractivity contribution in [1.29, 1.82) is 0 Å². The van der Waals surface area contributed by atoms with Gasteiger partial charge in [-0.25, -0.2) is 4.98 Å². The minimum Gasteiger partial charge on any atom is -0.352 e. The molecule has 1 aromatic carbocycles. The summed E-state index contributed by atoms with van der Waals surface area (Å²) in [5, 5.41) is 3.86. The van der Waals surface area contributed by atoms with E-state index in [0.29, 0.717) is 6.04 Å². The van der Waals surface area contributed by atoms with E-state index in [0.717, 1.165) is 29.0 Å². The summed E-state index contributed by atoms with van der Waals surface area (Å²) in [5.74, 6) is 0.119. The first-order chi connectivity index (χ1) is 10.6. The zero-order valence-corrected chi connectivity index (χ0v) is 14.0. The molecule has 1 fully saturated rings. The van der Waals surface area contributed by atoms with Gasteiger partial charge in [-0.05, 0) is 44.4 Å².